The van der Waals surface area contributed by atoms with Crippen LogP contribution in [0.15, 0.2) is 0 Å². The van der Waals surface area contributed by atoms with E-state index in [0.717, 1.165) is 41.4 Å². The van der Waals surface area contributed by atoms with Gasteiger partial charge in [0.1, 0.15) is 0 Å². The van der Waals surface area contributed by atoms with E-state index in [1.807, 2.05) is 0 Å². The highest BCUT2D eigenvalue weighted by Gasteiger charge is 2.57. The molecule has 0 aromatic heterocycles. The average Bonchev–Trinajstić information content (AvgIpc) is 2.80. The van der Waals surface area contributed by atoms with Crippen LogP contribution in [0.5, 0.6) is 0 Å². The van der Waals surface area contributed by atoms with Gasteiger partial charge in [-0.15, -0.1) is 0 Å². The first-order valence-corrected chi connectivity index (χ1v) is 9.42. The molecule has 3 aliphatic rings. The predicted molar refractivity (Wildman–Crippen MR) is 87.6 cm³/mol. The van der Waals surface area contributed by atoms with Crippen LogP contribution in [-0.4, -0.2) is 0 Å². The van der Waals surface area contributed by atoms with E-state index >= 15 is 0 Å². The van der Waals surface area contributed by atoms with Crippen molar-refractivity contribution in [1.82, 2.24) is 0 Å². The van der Waals surface area contributed by atoms with Gasteiger partial charge in [0, 0.05) is 0 Å². The van der Waals surface area contributed by atoms with Crippen LogP contribution >= 0.6 is 0 Å². The van der Waals surface area contributed by atoms with E-state index in [4.69, 9.17) is 0 Å². The van der Waals surface area contributed by atoms with Gasteiger partial charge in [0.05, 0.1) is 0 Å². The van der Waals surface area contributed by atoms with E-state index < -0.39 is 0 Å². The minimum Gasteiger partial charge on any atom is -0.0625 e. The predicted octanol–water partition coefficient (Wildman–Crippen LogP) is 6.16. The fourth-order valence-corrected chi connectivity index (χ4v) is 6.57. The topological polar surface area (TPSA) is 0 Å². The summed E-state index contributed by atoms with van der Waals surface area (Å²) in [7, 11) is 0. The molecule has 0 heteroatoms. The quantitative estimate of drug-likeness (QED) is 0.538. The first-order chi connectivity index (χ1) is 9.42. The maximum atomic E-state index is 2.71. The Morgan fingerprint density at radius 2 is 1.50 bits per heavy atom. The minimum atomic E-state index is 0.700. The molecule has 20 heavy (non-hydrogen) atoms. The molecule has 116 valence electrons. The number of hydrogen-bond acceptors (Lipinski definition) is 0. The lowest BCUT2D eigenvalue weighted by molar-refractivity contribution is 0.0758. The Hall–Kier alpha value is 0. The van der Waals surface area contributed by atoms with Crippen molar-refractivity contribution in [2.75, 3.05) is 0 Å². The highest BCUT2D eigenvalue weighted by molar-refractivity contribution is 5.06. The molecule has 0 heterocycles. The fourth-order valence-electron chi connectivity index (χ4n) is 6.57. The lowest BCUT2D eigenvalue weighted by Crippen LogP contribution is -2.34. The Morgan fingerprint density at radius 3 is 2.15 bits per heavy atom. The molecule has 0 saturated heterocycles. The van der Waals surface area contributed by atoms with E-state index in [1.54, 1.807) is 12.8 Å². The molecule has 3 fully saturated rings. The maximum absolute atomic E-state index is 2.71. The molecule has 0 aromatic carbocycles. The second-order valence-electron chi connectivity index (χ2n) is 9.31. The lowest BCUT2D eigenvalue weighted by atomic mass is 9.64. The van der Waals surface area contributed by atoms with Crippen LogP contribution in [0.25, 0.3) is 0 Å². The second-order valence-corrected chi connectivity index (χ2v) is 9.31. The van der Waals surface area contributed by atoms with Crippen molar-refractivity contribution in [3.8, 4) is 0 Å². The fraction of sp³-hybridized carbons (Fsp3) is 1.00. The Kier molecular flexibility index (Phi) is 3.97. The second kappa shape index (κ2) is 5.33. The molecule has 7 atom stereocenters. The molecule has 0 aromatic rings. The van der Waals surface area contributed by atoms with E-state index in [9.17, 15) is 0 Å². The van der Waals surface area contributed by atoms with Crippen LogP contribution in [0, 0.1) is 46.8 Å². The van der Waals surface area contributed by atoms with Crippen molar-refractivity contribution in [2.24, 2.45) is 46.8 Å². The maximum Gasteiger partial charge on any atom is -0.0238 e. The number of hydrogen-bond donors (Lipinski definition) is 0. The van der Waals surface area contributed by atoms with E-state index in [1.165, 1.54) is 32.1 Å². The summed E-state index contributed by atoms with van der Waals surface area (Å²) in [6.45, 7) is 12.8. The first-order valence-electron chi connectivity index (χ1n) is 9.42. The molecule has 0 radical (unpaired) electrons. The molecule has 0 bridgehead atoms. The summed E-state index contributed by atoms with van der Waals surface area (Å²) < 4.78 is 0. The summed E-state index contributed by atoms with van der Waals surface area (Å²) in [6, 6.07) is 0. The van der Waals surface area contributed by atoms with Gasteiger partial charge in [-0.05, 0) is 85.4 Å². The zero-order valence-electron chi connectivity index (χ0n) is 14.5. The van der Waals surface area contributed by atoms with Crippen LogP contribution in [0.3, 0.4) is 0 Å². The van der Waals surface area contributed by atoms with Gasteiger partial charge in [-0.3, -0.25) is 0 Å². The van der Waals surface area contributed by atoms with Gasteiger partial charge >= 0.3 is 0 Å². The molecule has 3 aliphatic carbocycles. The summed E-state index contributed by atoms with van der Waals surface area (Å²) >= 11 is 0. The van der Waals surface area contributed by atoms with Gasteiger partial charge in [0.25, 0.3) is 0 Å². The highest BCUT2D eigenvalue weighted by Crippen LogP contribution is 2.65. The van der Waals surface area contributed by atoms with Crippen molar-refractivity contribution < 1.29 is 0 Å². The van der Waals surface area contributed by atoms with Gasteiger partial charge in [-0.2, -0.15) is 0 Å². The smallest absolute Gasteiger partial charge is 0.0238 e. The van der Waals surface area contributed by atoms with Crippen molar-refractivity contribution in [1.29, 1.82) is 0 Å². The molecule has 0 amide bonds. The molecule has 0 aliphatic heterocycles. The van der Waals surface area contributed by atoms with Crippen molar-refractivity contribution in [2.45, 2.75) is 79.6 Å². The Bertz CT molecular complexity index is 344. The highest BCUT2D eigenvalue weighted by atomic mass is 14.6. The van der Waals surface area contributed by atoms with Crippen LogP contribution in [0.1, 0.15) is 79.6 Å². The summed E-state index contributed by atoms with van der Waals surface area (Å²) in [6.07, 6.45) is 10.7. The molecule has 3 saturated carbocycles. The number of rotatable bonds is 1. The standard InChI is InChI=1S/C20H36/c1-13(2)16-7-6-14(3)10-17-8-9-18-11-15(4)19(12-16)20(17,18)5/h13-19H,6-12H2,1-5H3. The van der Waals surface area contributed by atoms with Crippen LogP contribution in [0.4, 0.5) is 0 Å². The van der Waals surface area contributed by atoms with Crippen molar-refractivity contribution >= 4 is 0 Å². The Labute approximate surface area is 127 Å². The normalized spacial score (nSPS) is 52.5. The average molecular weight is 277 g/mol. The zero-order chi connectivity index (χ0) is 14.5. The van der Waals surface area contributed by atoms with E-state index in [2.05, 4.69) is 34.6 Å². The third-order valence-corrected chi connectivity index (χ3v) is 7.98. The molecular weight excluding hydrogens is 240 g/mol. The minimum absolute atomic E-state index is 0.700. The summed E-state index contributed by atoms with van der Waals surface area (Å²) in [5, 5.41) is 0. The first kappa shape index (κ1) is 14.9. The SMILES string of the molecule is CC1CCC(C(C)C)CC2C(C)CC3CCC(C1)C32C. The summed E-state index contributed by atoms with van der Waals surface area (Å²) in [4.78, 5) is 0. The largest absolute Gasteiger partial charge is 0.0625 e. The third kappa shape index (κ3) is 2.26. The van der Waals surface area contributed by atoms with Gasteiger partial charge in [-0.25, -0.2) is 0 Å². The molecular formula is C20H36. The van der Waals surface area contributed by atoms with E-state index in [-0.39, 0.29) is 0 Å². The van der Waals surface area contributed by atoms with Crippen LogP contribution in [0.2, 0.25) is 0 Å². The van der Waals surface area contributed by atoms with Crippen molar-refractivity contribution in [3.05, 3.63) is 0 Å². The molecule has 7 unspecified atom stereocenters. The third-order valence-electron chi connectivity index (χ3n) is 7.98. The monoisotopic (exact) mass is 276 g/mol. The van der Waals surface area contributed by atoms with Gasteiger partial charge in [0.2, 0.25) is 0 Å². The Balaban J connectivity index is 1.91. The lowest BCUT2D eigenvalue weighted by Gasteiger charge is -2.41. The molecule has 0 nitrogen and oxygen atoms in total. The van der Waals surface area contributed by atoms with Crippen LogP contribution < -0.4 is 0 Å². The molecule has 0 N–H and O–H groups in total. The van der Waals surface area contributed by atoms with Gasteiger partial charge in [0.15, 0.2) is 0 Å². The molecule has 0 spiro atoms. The van der Waals surface area contributed by atoms with Gasteiger partial charge < -0.3 is 0 Å². The van der Waals surface area contributed by atoms with E-state index in [0.29, 0.717) is 5.41 Å². The van der Waals surface area contributed by atoms with Gasteiger partial charge in [-0.1, -0.05) is 41.0 Å². The summed E-state index contributed by atoms with van der Waals surface area (Å²) in [5.41, 5.74) is 0.700. The molecule has 3 rings (SSSR count). The zero-order valence-corrected chi connectivity index (χ0v) is 14.5. The summed E-state index contributed by atoms with van der Waals surface area (Å²) in [5.74, 6) is 6.95. The Morgan fingerprint density at radius 1 is 0.850 bits per heavy atom. The van der Waals surface area contributed by atoms with Crippen LogP contribution in [-0.2, 0) is 0 Å². The van der Waals surface area contributed by atoms with Crippen molar-refractivity contribution in [3.63, 3.8) is 0 Å².